The van der Waals surface area contributed by atoms with Crippen LogP contribution in [-0.2, 0) is 9.47 Å². The van der Waals surface area contributed by atoms with Gasteiger partial charge in [-0.05, 0) is 26.7 Å². The van der Waals surface area contributed by atoms with Gasteiger partial charge in [0.15, 0.2) is 6.61 Å². The standard InChI is InChI=1S/C10H19O2/c1-9(2)8-11-6-7-12-10(3,4)5/h6,9H,8H2,1-5H3. The highest BCUT2D eigenvalue weighted by atomic mass is 16.5. The van der Waals surface area contributed by atoms with E-state index in [0.29, 0.717) is 12.5 Å². The van der Waals surface area contributed by atoms with Gasteiger partial charge < -0.3 is 9.47 Å². The van der Waals surface area contributed by atoms with Crippen molar-refractivity contribution in [2.75, 3.05) is 6.61 Å². The van der Waals surface area contributed by atoms with E-state index in [1.54, 1.807) is 0 Å². The zero-order chi connectivity index (χ0) is 9.61. The summed E-state index contributed by atoms with van der Waals surface area (Å²) in [4.78, 5) is 0. The van der Waals surface area contributed by atoms with Gasteiger partial charge in [0.05, 0.1) is 5.60 Å². The number of rotatable bonds is 5. The van der Waals surface area contributed by atoms with E-state index in [2.05, 4.69) is 20.5 Å². The summed E-state index contributed by atoms with van der Waals surface area (Å²) in [6.45, 7) is 14.9. The van der Waals surface area contributed by atoms with Gasteiger partial charge in [-0.15, -0.1) is 0 Å². The van der Waals surface area contributed by atoms with Crippen molar-refractivity contribution in [3.63, 3.8) is 0 Å². The zero-order valence-corrected chi connectivity index (χ0v) is 8.68. The Bertz CT molecular complexity index is 103. The Labute approximate surface area is 76.3 Å². The molecule has 0 saturated heterocycles. The Hall–Kier alpha value is -0.0800. The topological polar surface area (TPSA) is 18.5 Å². The average molecular weight is 171 g/mol. The molecule has 12 heavy (non-hydrogen) atoms. The van der Waals surface area contributed by atoms with Crippen LogP contribution in [0.25, 0.3) is 0 Å². The maximum absolute atomic E-state index is 5.18. The maximum atomic E-state index is 5.18. The van der Waals surface area contributed by atoms with Gasteiger partial charge in [0, 0.05) is 6.61 Å². The van der Waals surface area contributed by atoms with Crippen molar-refractivity contribution in [1.29, 1.82) is 0 Å². The van der Waals surface area contributed by atoms with Gasteiger partial charge in [-0.3, -0.25) is 0 Å². The molecule has 0 fully saturated rings. The lowest BCUT2D eigenvalue weighted by Crippen LogP contribution is -2.17. The Morgan fingerprint density at radius 1 is 1.33 bits per heavy atom. The second kappa shape index (κ2) is 5.55. The van der Waals surface area contributed by atoms with Crippen molar-refractivity contribution in [1.82, 2.24) is 0 Å². The van der Waals surface area contributed by atoms with Crippen LogP contribution >= 0.6 is 0 Å². The Morgan fingerprint density at radius 2 is 1.92 bits per heavy atom. The monoisotopic (exact) mass is 171 g/mol. The molecule has 0 bridgehead atoms. The Morgan fingerprint density at radius 3 is 2.33 bits per heavy atom. The highest BCUT2D eigenvalue weighted by Gasteiger charge is 2.10. The molecule has 2 heteroatoms. The van der Waals surface area contributed by atoms with Crippen LogP contribution in [-0.4, -0.2) is 12.2 Å². The second-order valence-corrected chi connectivity index (χ2v) is 4.18. The molecule has 0 rings (SSSR count). The van der Waals surface area contributed by atoms with Crippen molar-refractivity contribution < 1.29 is 9.47 Å². The molecule has 0 aliphatic rings. The first-order valence-corrected chi connectivity index (χ1v) is 4.28. The third-order valence-corrected chi connectivity index (χ3v) is 0.926. The second-order valence-electron chi connectivity index (χ2n) is 4.18. The van der Waals surface area contributed by atoms with E-state index < -0.39 is 0 Å². The molecule has 0 amide bonds. The fourth-order valence-electron chi connectivity index (χ4n) is 0.475. The minimum atomic E-state index is -0.183. The summed E-state index contributed by atoms with van der Waals surface area (Å²) < 4.78 is 10.3. The molecular weight excluding hydrogens is 152 g/mol. The van der Waals surface area contributed by atoms with Crippen molar-refractivity contribution in [3.05, 3.63) is 13.2 Å². The third-order valence-electron chi connectivity index (χ3n) is 0.926. The average Bonchev–Trinajstić information content (AvgIpc) is 1.83. The van der Waals surface area contributed by atoms with Gasteiger partial charge in [0.1, 0.15) is 6.61 Å². The first-order chi connectivity index (χ1) is 5.42. The Kier molecular flexibility index (Phi) is 5.51. The molecule has 0 aliphatic heterocycles. The fraction of sp³-hybridized carbons (Fsp3) is 0.800. The smallest absolute Gasteiger partial charge is 0.167 e. The molecule has 2 nitrogen and oxygen atoms in total. The molecule has 0 aromatic carbocycles. The van der Waals surface area contributed by atoms with E-state index in [1.807, 2.05) is 20.8 Å². The molecule has 0 saturated carbocycles. The van der Waals surface area contributed by atoms with Crippen LogP contribution in [0, 0.1) is 19.1 Å². The predicted molar refractivity (Wildman–Crippen MR) is 49.2 cm³/mol. The maximum Gasteiger partial charge on any atom is 0.167 e. The highest BCUT2D eigenvalue weighted by Crippen LogP contribution is 2.09. The minimum absolute atomic E-state index is 0.183. The zero-order valence-electron chi connectivity index (χ0n) is 8.68. The third kappa shape index (κ3) is 9.92. The van der Waals surface area contributed by atoms with Gasteiger partial charge in [-0.1, -0.05) is 13.8 Å². The van der Waals surface area contributed by atoms with E-state index >= 15 is 0 Å². The lowest BCUT2D eigenvalue weighted by Gasteiger charge is -2.17. The first-order valence-electron chi connectivity index (χ1n) is 4.28. The van der Waals surface area contributed by atoms with Crippen LogP contribution in [0.1, 0.15) is 34.6 Å². The van der Waals surface area contributed by atoms with Crippen LogP contribution in [0.4, 0.5) is 0 Å². The summed E-state index contributed by atoms with van der Waals surface area (Å²) in [6.07, 6.45) is 0. The summed E-state index contributed by atoms with van der Waals surface area (Å²) in [5, 5.41) is 0. The molecule has 0 unspecified atom stereocenters. The van der Waals surface area contributed by atoms with Gasteiger partial charge in [0.2, 0.25) is 0 Å². The molecular formula is C10H19O2. The predicted octanol–water partition coefficient (Wildman–Crippen LogP) is 2.67. The number of hydrogen-bond donors (Lipinski definition) is 0. The van der Waals surface area contributed by atoms with E-state index in [0.717, 1.165) is 0 Å². The van der Waals surface area contributed by atoms with Crippen molar-refractivity contribution in [2.24, 2.45) is 5.92 Å². The first kappa shape index (κ1) is 11.9. The van der Waals surface area contributed by atoms with Gasteiger partial charge in [-0.25, -0.2) is 0 Å². The lowest BCUT2D eigenvalue weighted by atomic mass is 10.2. The molecule has 0 N–H and O–H groups in total. The van der Waals surface area contributed by atoms with E-state index in [9.17, 15) is 0 Å². The van der Waals surface area contributed by atoms with E-state index in [1.165, 1.54) is 6.61 Å². The number of hydrogen-bond acceptors (Lipinski definition) is 2. The van der Waals surface area contributed by atoms with Crippen molar-refractivity contribution >= 4 is 0 Å². The molecule has 0 aromatic rings. The Balaban J connectivity index is 3.12. The molecule has 3 radical (unpaired) electrons. The highest BCUT2D eigenvalue weighted by molar-refractivity contribution is 4.70. The summed E-state index contributed by atoms with van der Waals surface area (Å²) in [7, 11) is 0. The van der Waals surface area contributed by atoms with Crippen LogP contribution in [0.2, 0.25) is 0 Å². The summed E-state index contributed by atoms with van der Waals surface area (Å²) >= 11 is 0. The van der Waals surface area contributed by atoms with Gasteiger partial charge in [-0.2, -0.15) is 0 Å². The fourth-order valence-corrected chi connectivity index (χ4v) is 0.475. The summed E-state index contributed by atoms with van der Waals surface area (Å²) in [5.41, 5.74) is -0.183. The lowest BCUT2D eigenvalue weighted by molar-refractivity contribution is 0.0260. The van der Waals surface area contributed by atoms with E-state index in [-0.39, 0.29) is 5.60 Å². The van der Waals surface area contributed by atoms with Crippen molar-refractivity contribution in [3.8, 4) is 0 Å². The van der Waals surface area contributed by atoms with Crippen molar-refractivity contribution in [2.45, 2.75) is 40.2 Å². The molecule has 0 aliphatic carbocycles. The summed E-state index contributed by atoms with van der Waals surface area (Å²) in [6, 6.07) is 0. The quantitative estimate of drug-likeness (QED) is 0.592. The molecule has 0 spiro atoms. The normalized spacial score (nSPS) is 12.5. The van der Waals surface area contributed by atoms with Crippen LogP contribution in [0.5, 0.6) is 0 Å². The summed E-state index contributed by atoms with van der Waals surface area (Å²) in [5.74, 6) is 0.540. The van der Waals surface area contributed by atoms with Gasteiger partial charge in [0.25, 0.3) is 0 Å². The van der Waals surface area contributed by atoms with E-state index in [4.69, 9.17) is 9.47 Å². The van der Waals surface area contributed by atoms with Crippen LogP contribution in [0.15, 0.2) is 0 Å². The molecule has 0 heterocycles. The largest absolute Gasteiger partial charge is 0.372 e. The number of ether oxygens (including phenoxy) is 2. The molecule has 0 atom stereocenters. The molecule has 0 aromatic heterocycles. The molecule has 71 valence electrons. The van der Waals surface area contributed by atoms with Crippen LogP contribution < -0.4 is 0 Å². The minimum Gasteiger partial charge on any atom is -0.372 e. The SMILES string of the molecule is CC(C)CO[CH][C]OC(C)(C)C. The van der Waals surface area contributed by atoms with Gasteiger partial charge >= 0.3 is 0 Å². The van der Waals surface area contributed by atoms with Crippen LogP contribution in [0.3, 0.4) is 0 Å².